The van der Waals surface area contributed by atoms with Crippen LogP contribution in [0.25, 0.3) is 11.3 Å². The molecule has 78 valence electrons. The van der Waals surface area contributed by atoms with Crippen molar-refractivity contribution in [2.45, 2.75) is 26.2 Å². The van der Waals surface area contributed by atoms with Crippen molar-refractivity contribution in [3.05, 3.63) is 40.7 Å². The second-order valence-electron chi connectivity index (χ2n) is 3.74. The van der Waals surface area contributed by atoms with Gasteiger partial charge in [0.15, 0.2) is 0 Å². The highest BCUT2D eigenvalue weighted by molar-refractivity contribution is 7.10. The lowest BCUT2D eigenvalue weighted by atomic mass is 10.0. The molecule has 0 aliphatic heterocycles. The van der Waals surface area contributed by atoms with Gasteiger partial charge in [-0.2, -0.15) is 0 Å². The number of aromatic nitrogens is 1. The van der Waals surface area contributed by atoms with Crippen LogP contribution in [0, 0.1) is 0 Å². The number of hydrogen-bond acceptors (Lipinski definition) is 2. The molecule has 1 atom stereocenters. The fourth-order valence-electron chi connectivity index (χ4n) is 1.60. The molecule has 0 N–H and O–H groups in total. The van der Waals surface area contributed by atoms with Gasteiger partial charge < -0.3 is 0 Å². The van der Waals surface area contributed by atoms with Gasteiger partial charge in [0.2, 0.25) is 0 Å². The van der Waals surface area contributed by atoms with Crippen LogP contribution in [-0.2, 0) is 0 Å². The Hall–Kier alpha value is -1.15. The summed E-state index contributed by atoms with van der Waals surface area (Å²) < 4.78 is 0. The topological polar surface area (TPSA) is 12.9 Å². The van der Waals surface area contributed by atoms with Crippen molar-refractivity contribution in [1.29, 1.82) is 0 Å². The highest BCUT2D eigenvalue weighted by Gasteiger charge is 2.13. The fraction of sp³-hybridized carbons (Fsp3) is 0.308. The van der Waals surface area contributed by atoms with Gasteiger partial charge in [-0.15, -0.1) is 11.3 Å². The van der Waals surface area contributed by atoms with Crippen LogP contribution in [0.3, 0.4) is 0 Å². The van der Waals surface area contributed by atoms with E-state index in [-0.39, 0.29) is 0 Å². The van der Waals surface area contributed by atoms with Crippen molar-refractivity contribution < 1.29 is 0 Å². The van der Waals surface area contributed by atoms with Gasteiger partial charge in [-0.3, -0.25) is 0 Å². The summed E-state index contributed by atoms with van der Waals surface area (Å²) in [5.41, 5.74) is 4.34. The molecule has 2 aromatic rings. The lowest BCUT2D eigenvalue weighted by molar-refractivity contribution is 0.748. The first-order chi connectivity index (χ1) is 7.33. The third-order valence-electron chi connectivity index (χ3n) is 2.70. The Labute approximate surface area is 94.8 Å². The van der Waals surface area contributed by atoms with Crippen molar-refractivity contribution in [2.75, 3.05) is 0 Å². The summed E-state index contributed by atoms with van der Waals surface area (Å²) in [6.07, 6.45) is 1.17. The zero-order valence-corrected chi connectivity index (χ0v) is 9.92. The standard InChI is InChI=1S/C13H15NS/c1-3-10(2)13-12(14-9-15-13)11-7-5-4-6-8-11/h4-10H,3H2,1-2H3. The number of thiazole rings is 1. The Balaban J connectivity index is 2.41. The van der Waals surface area contributed by atoms with Gasteiger partial charge in [-0.25, -0.2) is 4.98 Å². The summed E-state index contributed by atoms with van der Waals surface area (Å²) >= 11 is 1.77. The van der Waals surface area contributed by atoms with Crippen LogP contribution in [0.1, 0.15) is 31.1 Å². The van der Waals surface area contributed by atoms with Crippen LogP contribution < -0.4 is 0 Å². The minimum Gasteiger partial charge on any atom is -0.244 e. The van der Waals surface area contributed by atoms with E-state index in [4.69, 9.17) is 0 Å². The van der Waals surface area contributed by atoms with Gasteiger partial charge >= 0.3 is 0 Å². The predicted molar refractivity (Wildman–Crippen MR) is 66.3 cm³/mol. The summed E-state index contributed by atoms with van der Waals surface area (Å²) in [5, 5.41) is 0. The molecule has 1 aromatic carbocycles. The van der Waals surface area contributed by atoms with E-state index < -0.39 is 0 Å². The van der Waals surface area contributed by atoms with Crippen LogP contribution in [-0.4, -0.2) is 4.98 Å². The number of hydrogen-bond donors (Lipinski definition) is 0. The van der Waals surface area contributed by atoms with Crippen LogP contribution in [0.4, 0.5) is 0 Å². The minimum atomic E-state index is 0.604. The van der Waals surface area contributed by atoms with Crippen LogP contribution in [0.5, 0.6) is 0 Å². The highest BCUT2D eigenvalue weighted by Crippen LogP contribution is 2.32. The Kier molecular flexibility index (Phi) is 3.17. The summed E-state index contributed by atoms with van der Waals surface area (Å²) in [4.78, 5) is 5.88. The van der Waals surface area contributed by atoms with Crippen molar-refractivity contribution in [3.63, 3.8) is 0 Å². The molecule has 0 fully saturated rings. The summed E-state index contributed by atoms with van der Waals surface area (Å²) in [7, 11) is 0. The first kappa shape index (κ1) is 10.4. The van der Waals surface area contributed by atoms with Gasteiger partial charge in [0.1, 0.15) is 0 Å². The predicted octanol–water partition coefficient (Wildman–Crippen LogP) is 4.32. The van der Waals surface area contributed by atoms with E-state index in [9.17, 15) is 0 Å². The van der Waals surface area contributed by atoms with E-state index in [2.05, 4.69) is 43.1 Å². The fourth-order valence-corrected chi connectivity index (χ4v) is 2.56. The van der Waals surface area contributed by atoms with Gasteiger partial charge in [0.25, 0.3) is 0 Å². The van der Waals surface area contributed by atoms with E-state index in [0.29, 0.717) is 5.92 Å². The van der Waals surface area contributed by atoms with Crippen LogP contribution in [0.2, 0.25) is 0 Å². The van der Waals surface area contributed by atoms with Crippen molar-refractivity contribution in [1.82, 2.24) is 4.98 Å². The quantitative estimate of drug-likeness (QED) is 0.746. The molecule has 1 heterocycles. The lowest BCUT2D eigenvalue weighted by Gasteiger charge is -2.08. The number of nitrogens with zero attached hydrogens (tertiary/aromatic N) is 1. The normalized spacial score (nSPS) is 12.7. The molecular formula is C13H15NS. The lowest BCUT2D eigenvalue weighted by Crippen LogP contribution is -1.90. The number of rotatable bonds is 3. The molecule has 1 unspecified atom stereocenters. The monoisotopic (exact) mass is 217 g/mol. The van der Waals surface area contributed by atoms with Crippen LogP contribution >= 0.6 is 11.3 Å². The molecule has 0 aliphatic rings. The van der Waals surface area contributed by atoms with E-state index in [1.807, 2.05) is 11.6 Å². The molecular weight excluding hydrogens is 202 g/mol. The third-order valence-corrected chi connectivity index (χ3v) is 3.76. The molecule has 0 amide bonds. The molecule has 0 saturated heterocycles. The zero-order valence-electron chi connectivity index (χ0n) is 9.10. The van der Waals surface area contributed by atoms with E-state index in [0.717, 1.165) is 5.69 Å². The summed E-state index contributed by atoms with van der Waals surface area (Å²) in [6.45, 7) is 4.49. The van der Waals surface area contributed by atoms with E-state index in [1.165, 1.54) is 16.9 Å². The molecule has 0 saturated carbocycles. The van der Waals surface area contributed by atoms with Crippen molar-refractivity contribution in [2.24, 2.45) is 0 Å². The van der Waals surface area contributed by atoms with Gasteiger partial charge in [-0.05, 0) is 12.3 Å². The average molecular weight is 217 g/mol. The minimum absolute atomic E-state index is 0.604. The Bertz CT molecular complexity index is 419. The molecule has 2 heteroatoms. The molecule has 15 heavy (non-hydrogen) atoms. The Morgan fingerprint density at radius 1 is 1.27 bits per heavy atom. The maximum absolute atomic E-state index is 4.47. The zero-order chi connectivity index (χ0) is 10.7. The molecule has 1 nitrogen and oxygen atoms in total. The summed E-state index contributed by atoms with van der Waals surface area (Å²) in [5.74, 6) is 0.604. The highest BCUT2D eigenvalue weighted by atomic mass is 32.1. The van der Waals surface area contributed by atoms with Crippen molar-refractivity contribution >= 4 is 11.3 Å². The molecule has 0 bridgehead atoms. The van der Waals surface area contributed by atoms with E-state index in [1.54, 1.807) is 11.3 Å². The largest absolute Gasteiger partial charge is 0.244 e. The second kappa shape index (κ2) is 4.58. The first-order valence-electron chi connectivity index (χ1n) is 5.31. The molecule has 0 aliphatic carbocycles. The number of benzene rings is 1. The molecule has 0 spiro atoms. The van der Waals surface area contributed by atoms with Crippen LogP contribution in [0.15, 0.2) is 35.8 Å². The maximum atomic E-state index is 4.47. The molecule has 1 aromatic heterocycles. The average Bonchev–Trinajstić information content (AvgIpc) is 2.78. The second-order valence-corrected chi connectivity index (χ2v) is 4.63. The Morgan fingerprint density at radius 3 is 2.67 bits per heavy atom. The van der Waals surface area contributed by atoms with Gasteiger partial charge in [-0.1, -0.05) is 44.2 Å². The smallest absolute Gasteiger partial charge is 0.0845 e. The molecule has 2 rings (SSSR count). The maximum Gasteiger partial charge on any atom is 0.0845 e. The van der Waals surface area contributed by atoms with Crippen molar-refractivity contribution in [3.8, 4) is 11.3 Å². The summed E-state index contributed by atoms with van der Waals surface area (Å²) in [6, 6.07) is 10.4. The molecule has 0 radical (unpaired) electrons. The first-order valence-corrected chi connectivity index (χ1v) is 6.19. The van der Waals surface area contributed by atoms with E-state index >= 15 is 0 Å². The SMILES string of the molecule is CCC(C)c1scnc1-c1ccccc1. The third kappa shape index (κ3) is 2.10. The van der Waals surface area contributed by atoms with Gasteiger partial charge in [0, 0.05) is 10.4 Å². The Morgan fingerprint density at radius 2 is 2.00 bits per heavy atom. The van der Waals surface area contributed by atoms with Gasteiger partial charge in [0.05, 0.1) is 11.2 Å².